The summed E-state index contributed by atoms with van der Waals surface area (Å²) in [6.45, 7) is 27.0. The van der Waals surface area contributed by atoms with Crippen LogP contribution in [0.1, 0.15) is 105 Å². The Morgan fingerprint density at radius 2 is 0.745 bits per heavy atom. The fraction of sp³-hybridized carbons (Fsp3) is 0.327. The van der Waals surface area contributed by atoms with Gasteiger partial charge in [-0.1, -0.05) is 144 Å². The van der Waals surface area contributed by atoms with Crippen LogP contribution in [0.2, 0.25) is 0 Å². The second kappa shape index (κ2) is 11.7. The third-order valence-corrected chi connectivity index (χ3v) is 10.7. The van der Waals surface area contributed by atoms with E-state index in [2.05, 4.69) is 156 Å². The zero-order chi connectivity index (χ0) is 36.8. The van der Waals surface area contributed by atoms with Crippen LogP contribution in [0.25, 0.3) is 65.7 Å². The van der Waals surface area contributed by atoms with E-state index in [9.17, 15) is 4.79 Å². The molecule has 7 rings (SSSR count). The van der Waals surface area contributed by atoms with Crippen LogP contribution in [0, 0.1) is 0 Å². The highest BCUT2D eigenvalue weighted by Crippen LogP contribution is 2.40. The van der Waals surface area contributed by atoms with E-state index in [1.165, 1.54) is 43.8 Å². The standard InChI is InChI=1S/C49H52O2/c1-46(2,3)33-17-13-29-21-35(48(7,8)9)27-39(37(29)25-33)31-15-19-43-41(23-31)45(50)42-24-32(16-20-44(42)51-43)40-28-36(49(10,11)12)22-30-14-18-34(26-38(30)40)47(4,5)6/h13-28H,1-12H3. The monoisotopic (exact) mass is 672 g/mol. The lowest BCUT2D eigenvalue weighted by atomic mass is 9.81. The Kier molecular flexibility index (Phi) is 7.95. The number of hydrogen-bond donors (Lipinski definition) is 0. The van der Waals surface area contributed by atoms with Crippen LogP contribution in [0.5, 0.6) is 0 Å². The Balaban J connectivity index is 1.46. The quantitative estimate of drug-likeness (QED) is 0.171. The molecule has 0 aliphatic carbocycles. The van der Waals surface area contributed by atoms with E-state index >= 15 is 0 Å². The maximum absolute atomic E-state index is 14.5. The molecule has 0 N–H and O–H groups in total. The first-order valence-corrected chi connectivity index (χ1v) is 18.4. The van der Waals surface area contributed by atoms with E-state index in [1.54, 1.807) is 0 Å². The van der Waals surface area contributed by atoms with Gasteiger partial charge in [0, 0.05) is 0 Å². The lowest BCUT2D eigenvalue weighted by molar-refractivity contribution is 0.589. The van der Waals surface area contributed by atoms with Gasteiger partial charge >= 0.3 is 0 Å². The molecule has 0 aliphatic rings. The molecule has 1 heterocycles. The third-order valence-electron chi connectivity index (χ3n) is 10.7. The van der Waals surface area contributed by atoms with Gasteiger partial charge in [-0.3, -0.25) is 4.79 Å². The van der Waals surface area contributed by atoms with Crippen LogP contribution in [-0.2, 0) is 21.7 Å². The number of rotatable bonds is 2. The fourth-order valence-corrected chi connectivity index (χ4v) is 7.18. The molecular formula is C49H52O2. The van der Waals surface area contributed by atoms with Crippen molar-refractivity contribution in [3.63, 3.8) is 0 Å². The summed E-state index contributed by atoms with van der Waals surface area (Å²) in [5, 5.41) is 6.01. The Bertz CT molecular complexity index is 2390. The molecule has 0 aliphatic heterocycles. The molecule has 1 aromatic heterocycles. The summed E-state index contributed by atoms with van der Waals surface area (Å²) in [7, 11) is 0. The highest BCUT2D eigenvalue weighted by atomic mass is 16.3. The smallest absolute Gasteiger partial charge is 0.200 e. The summed E-state index contributed by atoms with van der Waals surface area (Å²) in [5.74, 6) is 0. The predicted molar refractivity (Wildman–Crippen MR) is 221 cm³/mol. The van der Waals surface area contributed by atoms with Crippen LogP contribution in [0.3, 0.4) is 0 Å². The average Bonchev–Trinajstić information content (AvgIpc) is 3.05. The Hall–Kier alpha value is -4.69. The van der Waals surface area contributed by atoms with Crippen molar-refractivity contribution < 1.29 is 4.42 Å². The molecule has 2 heteroatoms. The summed E-state index contributed by atoms with van der Waals surface area (Å²) < 4.78 is 6.47. The third kappa shape index (κ3) is 6.39. The average molecular weight is 673 g/mol. The molecule has 2 nitrogen and oxygen atoms in total. The summed E-state index contributed by atoms with van der Waals surface area (Å²) in [6.07, 6.45) is 0. The molecule has 0 amide bonds. The maximum Gasteiger partial charge on any atom is 0.200 e. The molecule has 0 atom stereocenters. The van der Waals surface area contributed by atoms with Crippen molar-refractivity contribution in [1.82, 2.24) is 0 Å². The molecule has 6 aromatic carbocycles. The Labute approximate surface area is 303 Å². The van der Waals surface area contributed by atoms with Gasteiger partial charge in [0.1, 0.15) is 11.2 Å². The van der Waals surface area contributed by atoms with E-state index in [0.717, 1.165) is 22.3 Å². The van der Waals surface area contributed by atoms with Crippen molar-refractivity contribution in [2.45, 2.75) is 105 Å². The van der Waals surface area contributed by atoms with Crippen LogP contribution in [0.4, 0.5) is 0 Å². The minimum atomic E-state index is -0.0315. The topological polar surface area (TPSA) is 30.2 Å². The van der Waals surface area contributed by atoms with E-state index in [0.29, 0.717) is 21.9 Å². The summed E-state index contributed by atoms with van der Waals surface area (Å²) >= 11 is 0. The van der Waals surface area contributed by atoms with Gasteiger partial charge in [-0.15, -0.1) is 0 Å². The molecule has 0 saturated carbocycles. The second-order valence-corrected chi connectivity index (χ2v) is 18.8. The summed E-state index contributed by atoms with van der Waals surface area (Å²) in [6, 6.07) is 35.2. The molecule has 0 fully saturated rings. The highest BCUT2D eigenvalue weighted by molar-refractivity contribution is 6.03. The summed E-state index contributed by atoms with van der Waals surface area (Å²) in [4.78, 5) is 14.5. The lowest BCUT2D eigenvalue weighted by Gasteiger charge is -2.24. The van der Waals surface area contributed by atoms with E-state index < -0.39 is 0 Å². The van der Waals surface area contributed by atoms with Gasteiger partial charge in [-0.25, -0.2) is 0 Å². The zero-order valence-corrected chi connectivity index (χ0v) is 32.6. The van der Waals surface area contributed by atoms with E-state index in [-0.39, 0.29) is 27.1 Å². The first-order valence-electron chi connectivity index (χ1n) is 18.4. The molecule has 260 valence electrons. The molecule has 0 radical (unpaired) electrons. The number of hydrogen-bond acceptors (Lipinski definition) is 2. The van der Waals surface area contributed by atoms with Crippen molar-refractivity contribution in [2.24, 2.45) is 0 Å². The Morgan fingerprint density at radius 3 is 1.10 bits per heavy atom. The van der Waals surface area contributed by atoms with Crippen LogP contribution >= 0.6 is 0 Å². The van der Waals surface area contributed by atoms with Crippen LogP contribution in [0.15, 0.2) is 106 Å². The first-order chi connectivity index (χ1) is 23.7. The van der Waals surface area contributed by atoms with Crippen molar-refractivity contribution in [3.05, 3.63) is 130 Å². The lowest BCUT2D eigenvalue weighted by Crippen LogP contribution is -2.12. The number of benzene rings is 6. The maximum atomic E-state index is 14.5. The van der Waals surface area contributed by atoms with Gasteiger partial charge < -0.3 is 4.42 Å². The number of fused-ring (bicyclic) bond motifs is 4. The summed E-state index contributed by atoms with van der Waals surface area (Å²) in [5.41, 5.74) is 10.6. The van der Waals surface area contributed by atoms with Gasteiger partial charge in [0.15, 0.2) is 0 Å². The minimum Gasteiger partial charge on any atom is -0.456 e. The van der Waals surface area contributed by atoms with E-state index in [1.807, 2.05) is 24.3 Å². The molecule has 0 bridgehead atoms. The van der Waals surface area contributed by atoms with Gasteiger partial charge in [-0.05, 0) is 124 Å². The van der Waals surface area contributed by atoms with Gasteiger partial charge in [0.25, 0.3) is 0 Å². The van der Waals surface area contributed by atoms with Crippen LogP contribution in [-0.4, -0.2) is 0 Å². The second-order valence-electron chi connectivity index (χ2n) is 18.8. The predicted octanol–water partition coefficient (Wildman–Crippen LogP) is 13.8. The largest absolute Gasteiger partial charge is 0.456 e. The van der Waals surface area contributed by atoms with Gasteiger partial charge in [-0.2, -0.15) is 0 Å². The molecule has 0 saturated heterocycles. The SMILES string of the molecule is CC(C)(C)c1cc(-c2ccc3oc4ccc(-c5cc(C(C)(C)C)cc6ccc(C(C)(C)C)cc56)cc4c(=O)c3c2)c2cc(C(C)(C)C)ccc2c1. The van der Waals surface area contributed by atoms with Crippen LogP contribution < -0.4 is 5.43 Å². The molecule has 0 unspecified atom stereocenters. The molecule has 0 spiro atoms. The minimum absolute atomic E-state index is 0.00623. The van der Waals surface area contributed by atoms with Crippen molar-refractivity contribution in [2.75, 3.05) is 0 Å². The first kappa shape index (κ1) is 34.7. The fourth-order valence-electron chi connectivity index (χ4n) is 7.18. The molecule has 51 heavy (non-hydrogen) atoms. The zero-order valence-electron chi connectivity index (χ0n) is 32.6. The van der Waals surface area contributed by atoms with Crippen molar-refractivity contribution in [1.29, 1.82) is 0 Å². The Morgan fingerprint density at radius 1 is 0.373 bits per heavy atom. The highest BCUT2D eigenvalue weighted by Gasteiger charge is 2.22. The molecule has 7 aromatic rings. The normalized spacial score (nSPS) is 13.2. The van der Waals surface area contributed by atoms with Crippen molar-refractivity contribution in [3.8, 4) is 22.3 Å². The van der Waals surface area contributed by atoms with Gasteiger partial charge in [0.2, 0.25) is 5.43 Å². The van der Waals surface area contributed by atoms with Gasteiger partial charge in [0.05, 0.1) is 10.8 Å². The molecular weight excluding hydrogens is 621 g/mol. The van der Waals surface area contributed by atoms with E-state index in [4.69, 9.17) is 4.42 Å². The van der Waals surface area contributed by atoms with Crippen molar-refractivity contribution >= 4 is 43.5 Å².